The van der Waals surface area contributed by atoms with Crippen LogP contribution in [0, 0.1) is 11.3 Å². The highest BCUT2D eigenvalue weighted by atomic mass is 16.3. The van der Waals surface area contributed by atoms with Crippen LogP contribution in [0.1, 0.15) is 11.1 Å². The molecule has 7 nitrogen and oxygen atoms in total. The molecule has 0 atom stereocenters. The smallest absolute Gasteiger partial charge is 0.166 e. The minimum atomic E-state index is -0.105. The lowest BCUT2D eigenvalue weighted by atomic mass is 10.0. The molecule has 0 saturated carbocycles. The van der Waals surface area contributed by atoms with E-state index in [0.29, 0.717) is 17.8 Å². The summed E-state index contributed by atoms with van der Waals surface area (Å²) in [7, 11) is 0. The van der Waals surface area contributed by atoms with Crippen LogP contribution < -0.4 is 11.5 Å². The average Bonchev–Trinajstić information content (AvgIpc) is 2.63. The van der Waals surface area contributed by atoms with E-state index < -0.39 is 0 Å². The van der Waals surface area contributed by atoms with Crippen LogP contribution in [-0.4, -0.2) is 20.2 Å². The molecular formula is C18H15N5O2. The van der Waals surface area contributed by atoms with Crippen LogP contribution in [0.15, 0.2) is 42.5 Å². The Bertz CT molecular complexity index is 978. The highest BCUT2D eigenvalue weighted by Gasteiger charge is 2.17. The quantitative estimate of drug-likeness (QED) is 0.538. The number of nitrogen functional groups attached to an aromatic ring is 1. The number of hydrogen-bond acceptors (Lipinski definition) is 7. The van der Waals surface area contributed by atoms with Crippen molar-refractivity contribution in [3.05, 3.63) is 53.6 Å². The number of phenolic OH excluding ortho intramolecular Hbond substituents is 2. The van der Waals surface area contributed by atoms with Crippen LogP contribution in [0.3, 0.4) is 0 Å². The highest BCUT2D eigenvalue weighted by molar-refractivity contribution is 5.76. The van der Waals surface area contributed by atoms with Crippen molar-refractivity contribution >= 4 is 5.82 Å². The normalized spacial score (nSPS) is 10.4. The van der Waals surface area contributed by atoms with E-state index in [1.54, 1.807) is 12.1 Å². The van der Waals surface area contributed by atoms with Crippen molar-refractivity contribution < 1.29 is 10.2 Å². The molecule has 7 heteroatoms. The van der Waals surface area contributed by atoms with E-state index in [1.165, 1.54) is 18.2 Å². The maximum Gasteiger partial charge on any atom is 0.166 e. The standard InChI is InChI=1S/C18H15N5O2/c19-8-10-1-3-11(4-2-10)16-14(9-20)17(21)23-18(22-16)13-7-12(24)5-6-15(13)25/h1-7,24-25H,8,19H2,(H2,21,22,23). The third-order valence-electron chi connectivity index (χ3n) is 3.73. The number of hydrogen-bond donors (Lipinski definition) is 4. The molecule has 2 aromatic carbocycles. The Morgan fingerprint density at radius 2 is 1.76 bits per heavy atom. The van der Waals surface area contributed by atoms with Gasteiger partial charge in [-0.15, -0.1) is 0 Å². The monoisotopic (exact) mass is 333 g/mol. The van der Waals surface area contributed by atoms with Crippen molar-refractivity contribution in [2.45, 2.75) is 6.54 Å². The summed E-state index contributed by atoms with van der Waals surface area (Å²) < 4.78 is 0. The van der Waals surface area contributed by atoms with Crippen molar-refractivity contribution in [2.75, 3.05) is 5.73 Å². The van der Waals surface area contributed by atoms with Gasteiger partial charge in [0.2, 0.25) is 0 Å². The Hall–Kier alpha value is -3.63. The molecule has 1 aromatic heterocycles. The second-order valence-corrected chi connectivity index (χ2v) is 5.37. The van der Waals surface area contributed by atoms with Crippen LogP contribution >= 0.6 is 0 Å². The molecule has 0 amide bonds. The summed E-state index contributed by atoms with van der Waals surface area (Å²) in [6.07, 6.45) is 0. The third kappa shape index (κ3) is 3.06. The molecule has 0 bridgehead atoms. The van der Waals surface area contributed by atoms with Gasteiger partial charge in [-0.2, -0.15) is 5.26 Å². The molecule has 3 rings (SSSR count). The molecule has 1 heterocycles. The Kier molecular flexibility index (Phi) is 4.20. The minimum Gasteiger partial charge on any atom is -0.508 e. The third-order valence-corrected chi connectivity index (χ3v) is 3.73. The number of nitriles is 1. The Morgan fingerprint density at radius 3 is 2.40 bits per heavy atom. The van der Waals surface area contributed by atoms with E-state index in [2.05, 4.69) is 9.97 Å². The van der Waals surface area contributed by atoms with Crippen molar-refractivity contribution in [2.24, 2.45) is 5.73 Å². The zero-order chi connectivity index (χ0) is 18.0. The number of anilines is 1. The van der Waals surface area contributed by atoms with E-state index in [1.807, 2.05) is 18.2 Å². The highest BCUT2D eigenvalue weighted by Crippen LogP contribution is 2.33. The summed E-state index contributed by atoms with van der Waals surface area (Å²) >= 11 is 0. The predicted molar refractivity (Wildman–Crippen MR) is 93.3 cm³/mol. The van der Waals surface area contributed by atoms with Gasteiger partial charge in [0, 0.05) is 12.1 Å². The first-order valence-electron chi connectivity index (χ1n) is 7.43. The lowest BCUT2D eigenvalue weighted by molar-refractivity contribution is 0.461. The van der Waals surface area contributed by atoms with Gasteiger partial charge in [0.05, 0.1) is 11.3 Å². The summed E-state index contributed by atoms with van der Waals surface area (Å²) in [5.74, 6) is -0.0459. The number of nitrogens with two attached hydrogens (primary N) is 2. The fourth-order valence-electron chi connectivity index (χ4n) is 2.42. The maximum absolute atomic E-state index is 10.0. The molecule has 0 aliphatic rings. The topological polar surface area (TPSA) is 142 Å². The summed E-state index contributed by atoms with van der Waals surface area (Å²) in [6, 6.07) is 13.3. The molecular weight excluding hydrogens is 318 g/mol. The molecule has 0 aliphatic carbocycles. The first kappa shape index (κ1) is 16.2. The largest absolute Gasteiger partial charge is 0.508 e. The number of nitrogens with zero attached hydrogens (tertiary/aromatic N) is 3. The zero-order valence-electron chi connectivity index (χ0n) is 13.1. The summed E-state index contributed by atoms with van der Waals surface area (Å²) in [5, 5.41) is 29.1. The van der Waals surface area contributed by atoms with Gasteiger partial charge in [-0.05, 0) is 23.8 Å². The summed E-state index contributed by atoms with van der Waals surface area (Å²) in [6.45, 7) is 0.402. The van der Waals surface area contributed by atoms with E-state index in [4.69, 9.17) is 11.5 Å². The number of rotatable bonds is 3. The SMILES string of the molecule is N#Cc1c(N)nc(-c2cc(O)ccc2O)nc1-c1ccc(CN)cc1. The van der Waals surface area contributed by atoms with Crippen LogP contribution in [0.5, 0.6) is 11.5 Å². The van der Waals surface area contributed by atoms with E-state index >= 15 is 0 Å². The fourth-order valence-corrected chi connectivity index (χ4v) is 2.42. The van der Waals surface area contributed by atoms with Crippen LogP contribution in [-0.2, 0) is 6.54 Å². The molecule has 3 aromatic rings. The summed E-state index contributed by atoms with van der Waals surface area (Å²) in [5.41, 5.74) is 13.8. The minimum absolute atomic E-state index is 0.00635. The fraction of sp³-hybridized carbons (Fsp3) is 0.0556. The van der Waals surface area contributed by atoms with Gasteiger partial charge in [0.25, 0.3) is 0 Å². The number of aromatic hydroxyl groups is 2. The van der Waals surface area contributed by atoms with Crippen LogP contribution in [0.25, 0.3) is 22.6 Å². The van der Waals surface area contributed by atoms with Crippen molar-refractivity contribution in [3.63, 3.8) is 0 Å². The maximum atomic E-state index is 10.0. The number of benzene rings is 2. The van der Waals surface area contributed by atoms with Gasteiger partial charge in [-0.3, -0.25) is 0 Å². The van der Waals surface area contributed by atoms with Gasteiger partial charge < -0.3 is 21.7 Å². The molecule has 124 valence electrons. The van der Waals surface area contributed by atoms with E-state index in [0.717, 1.165) is 5.56 Å². The molecule has 25 heavy (non-hydrogen) atoms. The predicted octanol–water partition coefficient (Wildman–Crippen LogP) is 2.13. The zero-order valence-corrected chi connectivity index (χ0v) is 13.1. The van der Waals surface area contributed by atoms with Gasteiger partial charge in [-0.25, -0.2) is 9.97 Å². The Morgan fingerprint density at radius 1 is 1.04 bits per heavy atom. The number of aromatic nitrogens is 2. The molecule has 0 aliphatic heterocycles. The molecule has 0 fully saturated rings. The molecule has 0 radical (unpaired) electrons. The second-order valence-electron chi connectivity index (χ2n) is 5.37. The van der Waals surface area contributed by atoms with Gasteiger partial charge in [0.1, 0.15) is 28.9 Å². The lowest BCUT2D eigenvalue weighted by Gasteiger charge is -2.10. The van der Waals surface area contributed by atoms with E-state index in [-0.39, 0.29) is 34.3 Å². The first-order valence-corrected chi connectivity index (χ1v) is 7.43. The first-order chi connectivity index (χ1) is 12.0. The number of phenols is 2. The van der Waals surface area contributed by atoms with Crippen LogP contribution in [0.2, 0.25) is 0 Å². The van der Waals surface area contributed by atoms with Gasteiger partial charge in [0.15, 0.2) is 5.82 Å². The van der Waals surface area contributed by atoms with Crippen molar-refractivity contribution in [1.82, 2.24) is 9.97 Å². The van der Waals surface area contributed by atoms with Crippen molar-refractivity contribution in [3.8, 4) is 40.2 Å². The Balaban J connectivity index is 2.22. The van der Waals surface area contributed by atoms with E-state index in [9.17, 15) is 15.5 Å². The molecule has 6 N–H and O–H groups in total. The lowest BCUT2D eigenvalue weighted by Crippen LogP contribution is -2.03. The molecule has 0 saturated heterocycles. The van der Waals surface area contributed by atoms with Gasteiger partial charge in [-0.1, -0.05) is 24.3 Å². The molecule has 0 spiro atoms. The van der Waals surface area contributed by atoms with Crippen LogP contribution in [0.4, 0.5) is 5.82 Å². The second kappa shape index (κ2) is 6.47. The van der Waals surface area contributed by atoms with Crippen molar-refractivity contribution in [1.29, 1.82) is 5.26 Å². The Labute approximate surface area is 143 Å². The summed E-state index contributed by atoms with van der Waals surface area (Å²) in [4.78, 5) is 8.48. The average molecular weight is 333 g/mol. The molecule has 0 unspecified atom stereocenters. The van der Waals surface area contributed by atoms with Gasteiger partial charge >= 0.3 is 0 Å².